The molecule has 1 unspecified atom stereocenters. The Labute approximate surface area is 114 Å². The van der Waals surface area contributed by atoms with Crippen LogP contribution in [0.1, 0.15) is 37.0 Å². The zero-order valence-electron chi connectivity index (χ0n) is 11.9. The molecule has 0 amide bonds. The molecule has 2 rings (SSSR count). The van der Waals surface area contributed by atoms with Gasteiger partial charge in [0.2, 0.25) is 0 Å². The fraction of sp³-hybridized carbons (Fsp3) is 0.375. The Morgan fingerprint density at radius 3 is 2.53 bits per heavy atom. The van der Waals surface area contributed by atoms with E-state index in [4.69, 9.17) is 9.15 Å². The van der Waals surface area contributed by atoms with Crippen LogP contribution in [0.15, 0.2) is 40.8 Å². The van der Waals surface area contributed by atoms with Gasteiger partial charge in [-0.15, -0.1) is 0 Å². The molecule has 0 bridgehead atoms. The summed E-state index contributed by atoms with van der Waals surface area (Å²) >= 11 is 0. The van der Waals surface area contributed by atoms with E-state index in [1.807, 2.05) is 52.1 Å². The first-order valence-electron chi connectivity index (χ1n) is 6.60. The summed E-state index contributed by atoms with van der Waals surface area (Å²) in [6.45, 7) is 6.00. The molecule has 19 heavy (non-hydrogen) atoms. The highest BCUT2D eigenvalue weighted by molar-refractivity contribution is 5.34. The maximum Gasteiger partial charge on any atom is 0.125 e. The van der Waals surface area contributed by atoms with E-state index in [0.29, 0.717) is 0 Å². The Morgan fingerprint density at radius 2 is 1.95 bits per heavy atom. The summed E-state index contributed by atoms with van der Waals surface area (Å²) in [5.41, 5.74) is 1.13. The molecule has 0 spiro atoms. The van der Waals surface area contributed by atoms with E-state index in [2.05, 4.69) is 17.4 Å². The average Bonchev–Trinajstić information content (AvgIpc) is 2.76. The number of benzene rings is 1. The second-order valence-corrected chi connectivity index (χ2v) is 4.91. The zero-order valence-corrected chi connectivity index (χ0v) is 11.9. The molecule has 1 atom stereocenters. The van der Waals surface area contributed by atoms with Crippen molar-refractivity contribution < 1.29 is 9.15 Å². The highest BCUT2D eigenvalue weighted by Crippen LogP contribution is 2.26. The van der Waals surface area contributed by atoms with Crippen LogP contribution >= 0.6 is 0 Å². The molecule has 0 saturated heterocycles. The van der Waals surface area contributed by atoms with Crippen LogP contribution in [0.3, 0.4) is 0 Å². The predicted octanol–water partition coefficient (Wildman–Crippen LogP) is 3.68. The van der Waals surface area contributed by atoms with Crippen molar-refractivity contribution in [1.29, 1.82) is 0 Å². The molecule has 0 saturated carbocycles. The topological polar surface area (TPSA) is 34.4 Å². The zero-order chi connectivity index (χ0) is 13.8. The first kappa shape index (κ1) is 13.7. The molecule has 0 aliphatic rings. The Balaban J connectivity index is 2.28. The highest BCUT2D eigenvalue weighted by atomic mass is 16.5. The number of furan rings is 1. The molecule has 0 radical (unpaired) electrons. The normalized spacial score (nSPS) is 12.7. The minimum absolute atomic E-state index is 0.0458. The SMILES string of the molecule is CNC(c1cccc(OC(C)C)c1)c1ccc(C)o1. The Hall–Kier alpha value is -1.74. The van der Waals surface area contributed by atoms with Crippen molar-refractivity contribution >= 4 is 0 Å². The molecule has 0 fully saturated rings. The second-order valence-electron chi connectivity index (χ2n) is 4.91. The van der Waals surface area contributed by atoms with Gasteiger partial charge in [-0.05, 0) is 57.6 Å². The van der Waals surface area contributed by atoms with Crippen LogP contribution in [0.4, 0.5) is 0 Å². The Kier molecular flexibility index (Phi) is 4.27. The summed E-state index contributed by atoms with van der Waals surface area (Å²) in [7, 11) is 1.93. The van der Waals surface area contributed by atoms with Crippen LogP contribution in [0.5, 0.6) is 5.75 Å². The largest absolute Gasteiger partial charge is 0.491 e. The molecule has 0 aliphatic carbocycles. The molecular formula is C16H21NO2. The summed E-state index contributed by atoms with van der Waals surface area (Å²) in [6.07, 6.45) is 0.175. The maximum atomic E-state index is 5.73. The van der Waals surface area contributed by atoms with Gasteiger partial charge in [-0.1, -0.05) is 12.1 Å². The number of hydrogen-bond donors (Lipinski definition) is 1. The summed E-state index contributed by atoms with van der Waals surface area (Å²) in [6, 6.07) is 12.1. The second kappa shape index (κ2) is 5.93. The number of nitrogens with one attached hydrogen (secondary N) is 1. The third kappa shape index (κ3) is 3.38. The van der Waals surface area contributed by atoms with Gasteiger partial charge < -0.3 is 14.5 Å². The van der Waals surface area contributed by atoms with Crippen molar-refractivity contribution in [2.45, 2.75) is 32.9 Å². The third-order valence-electron chi connectivity index (χ3n) is 2.90. The first-order chi connectivity index (χ1) is 9.10. The quantitative estimate of drug-likeness (QED) is 0.889. The summed E-state index contributed by atoms with van der Waals surface area (Å²) in [4.78, 5) is 0. The van der Waals surface area contributed by atoms with Crippen LogP contribution in [0, 0.1) is 6.92 Å². The molecule has 0 aliphatic heterocycles. The van der Waals surface area contributed by atoms with Crippen molar-refractivity contribution in [3.8, 4) is 5.75 Å². The highest BCUT2D eigenvalue weighted by Gasteiger charge is 2.16. The van der Waals surface area contributed by atoms with Crippen LogP contribution in [0.25, 0.3) is 0 Å². The predicted molar refractivity (Wildman–Crippen MR) is 76.6 cm³/mol. The molecule has 1 N–H and O–H groups in total. The summed E-state index contributed by atoms with van der Waals surface area (Å²) in [5.74, 6) is 2.72. The molecule has 1 aromatic carbocycles. The molecule has 3 nitrogen and oxygen atoms in total. The van der Waals surface area contributed by atoms with Gasteiger partial charge in [-0.2, -0.15) is 0 Å². The van der Waals surface area contributed by atoms with E-state index >= 15 is 0 Å². The number of hydrogen-bond acceptors (Lipinski definition) is 3. The first-order valence-corrected chi connectivity index (χ1v) is 6.60. The monoisotopic (exact) mass is 259 g/mol. The smallest absolute Gasteiger partial charge is 0.125 e. The van der Waals surface area contributed by atoms with Crippen molar-refractivity contribution in [2.24, 2.45) is 0 Å². The van der Waals surface area contributed by atoms with E-state index < -0.39 is 0 Å². The van der Waals surface area contributed by atoms with Crippen LogP contribution in [-0.4, -0.2) is 13.2 Å². The lowest BCUT2D eigenvalue weighted by Crippen LogP contribution is -2.17. The van der Waals surface area contributed by atoms with Gasteiger partial charge in [0.25, 0.3) is 0 Å². The van der Waals surface area contributed by atoms with Crippen molar-refractivity contribution in [3.63, 3.8) is 0 Å². The molecule has 1 aromatic heterocycles. The van der Waals surface area contributed by atoms with Gasteiger partial charge in [0.15, 0.2) is 0 Å². The van der Waals surface area contributed by atoms with Crippen LogP contribution in [-0.2, 0) is 0 Å². The number of ether oxygens (including phenoxy) is 1. The Morgan fingerprint density at radius 1 is 1.16 bits per heavy atom. The van der Waals surface area contributed by atoms with Gasteiger partial charge in [-0.3, -0.25) is 0 Å². The minimum Gasteiger partial charge on any atom is -0.491 e. The van der Waals surface area contributed by atoms with Gasteiger partial charge in [0, 0.05) is 0 Å². The van der Waals surface area contributed by atoms with Crippen molar-refractivity contribution in [3.05, 3.63) is 53.5 Å². The number of rotatable bonds is 5. The lowest BCUT2D eigenvalue weighted by molar-refractivity contribution is 0.242. The molecular weight excluding hydrogens is 238 g/mol. The van der Waals surface area contributed by atoms with Crippen molar-refractivity contribution in [1.82, 2.24) is 5.32 Å². The standard InChI is InChI=1S/C16H21NO2/c1-11(2)18-14-7-5-6-13(10-14)16(17-4)15-9-8-12(3)19-15/h5-11,16-17H,1-4H3. The third-order valence-corrected chi connectivity index (χ3v) is 2.90. The van der Waals surface area contributed by atoms with Gasteiger partial charge in [0.1, 0.15) is 17.3 Å². The van der Waals surface area contributed by atoms with Crippen LogP contribution < -0.4 is 10.1 Å². The molecule has 1 heterocycles. The molecule has 102 valence electrons. The number of aryl methyl sites for hydroxylation is 1. The lowest BCUT2D eigenvalue weighted by atomic mass is 10.0. The molecule has 2 aromatic rings. The van der Waals surface area contributed by atoms with Gasteiger partial charge in [0.05, 0.1) is 12.1 Å². The summed E-state index contributed by atoms with van der Waals surface area (Å²) < 4.78 is 11.4. The van der Waals surface area contributed by atoms with Gasteiger partial charge >= 0.3 is 0 Å². The average molecular weight is 259 g/mol. The van der Waals surface area contributed by atoms with E-state index in [0.717, 1.165) is 22.8 Å². The fourth-order valence-corrected chi connectivity index (χ4v) is 2.12. The van der Waals surface area contributed by atoms with Gasteiger partial charge in [-0.25, -0.2) is 0 Å². The molecule has 3 heteroatoms. The summed E-state index contributed by atoms with van der Waals surface area (Å²) in [5, 5.41) is 3.28. The van der Waals surface area contributed by atoms with Crippen molar-refractivity contribution in [2.75, 3.05) is 7.05 Å². The van der Waals surface area contributed by atoms with E-state index in [1.165, 1.54) is 0 Å². The minimum atomic E-state index is 0.0458. The van der Waals surface area contributed by atoms with E-state index in [-0.39, 0.29) is 12.1 Å². The maximum absolute atomic E-state index is 5.73. The lowest BCUT2D eigenvalue weighted by Gasteiger charge is -2.16. The van der Waals surface area contributed by atoms with E-state index in [9.17, 15) is 0 Å². The van der Waals surface area contributed by atoms with Crippen LogP contribution in [0.2, 0.25) is 0 Å². The Bertz CT molecular complexity index is 531. The fourth-order valence-electron chi connectivity index (χ4n) is 2.12. The van der Waals surface area contributed by atoms with E-state index in [1.54, 1.807) is 0 Å².